The summed E-state index contributed by atoms with van der Waals surface area (Å²) in [6.45, 7) is 5.04. The average molecular weight is 426 g/mol. The van der Waals surface area contributed by atoms with Crippen molar-refractivity contribution in [3.63, 3.8) is 0 Å². The Morgan fingerprint density at radius 2 is 2.07 bits per heavy atom. The molecule has 0 unspecified atom stereocenters. The van der Waals surface area contributed by atoms with Crippen LogP contribution in [0.5, 0.6) is 5.75 Å². The molecule has 158 valence electrons. The molecule has 1 fully saturated rings. The third kappa shape index (κ3) is 5.29. The van der Waals surface area contributed by atoms with Crippen molar-refractivity contribution in [2.75, 3.05) is 20.1 Å². The van der Waals surface area contributed by atoms with Crippen molar-refractivity contribution in [3.8, 4) is 5.75 Å². The molecule has 0 aliphatic carbocycles. The number of piperidine rings is 1. The molecular weight excluding hydrogens is 398 g/mol. The molecule has 1 aromatic carbocycles. The largest absolute Gasteiger partial charge is 0.490 e. The van der Waals surface area contributed by atoms with Crippen LogP contribution in [-0.4, -0.2) is 47.1 Å². The van der Waals surface area contributed by atoms with Gasteiger partial charge in [0.05, 0.1) is 10.6 Å². The van der Waals surface area contributed by atoms with Crippen LogP contribution in [0.3, 0.4) is 0 Å². The first-order chi connectivity index (χ1) is 14.6. The lowest BCUT2D eigenvalue weighted by molar-refractivity contribution is 0.0600. The zero-order chi connectivity index (χ0) is 20.9. The van der Waals surface area contributed by atoms with E-state index in [0.29, 0.717) is 0 Å². The molecule has 0 atom stereocenters. The van der Waals surface area contributed by atoms with Gasteiger partial charge in [0.25, 0.3) is 5.91 Å². The topological polar surface area (TPSA) is 58.8 Å². The van der Waals surface area contributed by atoms with E-state index in [1.54, 1.807) is 17.6 Å². The number of carbonyl (C=O) groups is 1. The highest BCUT2D eigenvalue weighted by atomic mass is 32.1. The monoisotopic (exact) mass is 425 g/mol. The van der Waals surface area contributed by atoms with Crippen molar-refractivity contribution in [3.05, 3.63) is 69.7 Å². The number of thiophene rings is 1. The number of ether oxygens (including phenoxy) is 1. The lowest BCUT2D eigenvalue weighted by Crippen LogP contribution is -2.41. The van der Waals surface area contributed by atoms with Gasteiger partial charge in [0.1, 0.15) is 18.1 Å². The normalized spacial score (nSPS) is 15.0. The van der Waals surface area contributed by atoms with Gasteiger partial charge < -0.3 is 14.2 Å². The van der Waals surface area contributed by atoms with Crippen molar-refractivity contribution in [2.45, 2.75) is 39.0 Å². The van der Waals surface area contributed by atoms with Crippen molar-refractivity contribution < 1.29 is 14.1 Å². The fourth-order valence-corrected chi connectivity index (χ4v) is 4.59. The van der Waals surface area contributed by atoms with Crippen molar-refractivity contribution in [1.82, 2.24) is 15.0 Å². The number of benzene rings is 1. The van der Waals surface area contributed by atoms with Crippen molar-refractivity contribution in [2.24, 2.45) is 0 Å². The Labute approximate surface area is 181 Å². The van der Waals surface area contributed by atoms with Gasteiger partial charge in [0.15, 0.2) is 0 Å². The molecule has 7 heteroatoms. The summed E-state index contributed by atoms with van der Waals surface area (Å²) in [5.41, 5.74) is 2.11. The quantitative estimate of drug-likeness (QED) is 0.563. The van der Waals surface area contributed by atoms with Gasteiger partial charge in [0, 0.05) is 50.0 Å². The molecule has 0 N–H and O–H groups in total. The Bertz CT molecular complexity index is 962. The smallest absolute Gasteiger partial charge is 0.263 e. The van der Waals surface area contributed by atoms with Crippen molar-refractivity contribution in [1.29, 1.82) is 0 Å². The van der Waals surface area contributed by atoms with Crippen LogP contribution in [0.1, 0.15) is 38.6 Å². The number of aromatic nitrogens is 1. The summed E-state index contributed by atoms with van der Waals surface area (Å²) in [7, 11) is 2.06. The number of likely N-dealkylation sites (tertiary alicyclic amines) is 1. The zero-order valence-corrected chi connectivity index (χ0v) is 18.2. The summed E-state index contributed by atoms with van der Waals surface area (Å²) in [6, 6.07) is 14.1. The first-order valence-corrected chi connectivity index (χ1v) is 11.1. The van der Waals surface area contributed by atoms with Gasteiger partial charge >= 0.3 is 0 Å². The number of aryl methyl sites for hydroxylation is 1. The molecule has 6 nitrogen and oxygen atoms in total. The first kappa shape index (κ1) is 20.6. The molecule has 0 radical (unpaired) electrons. The second kappa shape index (κ2) is 9.45. The highest BCUT2D eigenvalue weighted by molar-refractivity contribution is 7.13. The maximum Gasteiger partial charge on any atom is 0.263 e. The molecule has 0 bridgehead atoms. The molecule has 1 aliphatic rings. The highest BCUT2D eigenvalue weighted by Gasteiger charge is 2.25. The number of carbonyl (C=O) groups excluding carboxylic acids is 1. The molecule has 3 heterocycles. The predicted octanol–water partition coefficient (Wildman–Crippen LogP) is 4.36. The molecule has 4 rings (SSSR count). The molecule has 0 saturated carbocycles. The van der Waals surface area contributed by atoms with Crippen LogP contribution in [0.2, 0.25) is 0 Å². The van der Waals surface area contributed by atoms with Gasteiger partial charge in [-0.1, -0.05) is 17.3 Å². The molecule has 1 saturated heterocycles. The van der Waals surface area contributed by atoms with Gasteiger partial charge in [-0.05, 0) is 43.8 Å². The fraction of sp³-hybridized carbons (Fsp3) is 0.391. The summed E-state index contributed by atoms with van der Waals surface area (Å²) >= 11 is 1.56. The van der Waals surface area contributed by atoms with Gasteiger partial charge in [-0.15, -0.1) is 11.3 Å². The molecule has 3 aromatic rings. The van der Waals surface area contributed by atoms with Crippen molar-refractivity contribution >= 4 is 17.2 Å². The van der Waals surface area contributed by atoms with Gasteiger partial charge in [-0.25, -0.2) is 0 Å². The Morgan fingerprint density at radius 1 is 1.23 bits per heavy atom. The molecule has 1 aliphatic heterocycles. The van der Waals surface area contributed by atoms with E-state index in [-0.39, 0.29) is 12.0 Å². The number of hydrogen-bond acceptors (Lipinski definition) is 6. The van der Waals surface area contributed by atoms with Crippen LogP contribution >= 0.6 is 11.3 Å². The molecular formula is C23H27N3O3S. The van der Waals surface area contributed by atoms with E-state index in [1.165, 1.54) is 10.4 Å². The summed E-state index contributed by atoms with van der Waals surface area (Å²) < 4.78 is 11.1. The Morgan fingerprint density at radius 3 is 2.77 bits per heavy atom. The van der Waals surface area contributed by atoms with Crippen LogP contribution in [0.4, 0.5) is 0 Å². The number of hydrogen-bond donors (Lipinski definition) is 0. The molecule has 2 aromatic heterocycles. The lowest BCUT2D eigenvalue weighted by Gasteiger charge is -2.32. The van der Waals surface area contributed by atoms with Crippen LogP contribution in [-0.2, 0) is 13.1 Å². The Hall–Kier alpha value is -2.64. The summed E-state index contributed by atoms with van der Waals surface area (Å²) in [5, 5.41) is 3.96. The van der Waals surface area contributed by atoms with E-state index in [9.17, 15) is 4.79 Å². The number of rotatable bonds is 7. The SMILES string of the molecule is Cc1ccc(C(=O)N2CCC(Oc3cccc(CN(C)Cc4ccon4)c3)CC2)s1. The Balaban J connectivity index is 1.28. The standard InChI is InChI=1S/C23H27N3O3S/c1-17-6-7-22(30-17)23(27)26-11-8-20(9-12-26)29-21-5-3-4-18(14-21)15-25(2)16-19-10-13-28-24-19/h3-7,10,13-14,20H,8-9,11-12,15-16H2,1-2H3. The van der Waals surface area contributed by atoms with Crippen LogP contribution < -0.4 is 4.74 Å². The van der Waals surface area contributed by atoms with E-state index >= 15 is 0 Å². The minimum Gasteiger partial charge on any atom is -0.490 e. The van der Waals surface area contributed by atoms with Crippen LogP contribution in [0, 0.1) is 6.92 Å². The van der Waals surface area contributed by atoms with E-state index < -0.39 is 0 Å². The van der Waals surface area contributed by atoms with E-state index in [0.717, 1.165) is 55.3 Å². The minimum absolute atomic E-state index is 0.141. The molecule has 1 amide bonds. The average Bonchev–Trinajstić information content (AvgIpc) is 3.40. The first-order valence-electron chi connectivity index (χ1n) is 10.3. The van der Waals surface area contributed by atoms with E-state index in [4.69, 9.17) is 9.26 Å². The lowest BCUT2D eigenvalue weighted by atomic mass is 10.1. The highest BCUT2D eigenvalue weighted by Crippen LogP contribution is 2.23. The predicted molar refractivity (Wildman–Crippen MR) is 117 cm³/mol. The maximum atomic E-state index is 12.6. The van der Waals surface area contributed by atoms with Crippen LogP contribution in [0.15, 0.2) is 53.3 Å². The number of nitrogens with zero attached hydrogens (tertiary/aromatic N) is 3. The van der Waals surface area contributed by atoms with Gasteiger partial charge in [0.2, 0.25) is 0 Å². The fourth-order valence-electron chi connectivity index (χ4n) is 3.75. The van der Waals surface area contributed by atoms with E-state index in [2.05, 4.69) is 29.2 Å². The summed E-state index contributed by atoms with van der Waals surface area (Å²) in [6.07, 6.45) is 3.44. The molecule has 30 heavy (non-hydrogen) atoms. The van der Waals surface area contributed by atoms with E-state index in [1.807, 2.05) is 42.2 Å². The third-order valence-electron chi connectivity index (χ3n) is 5.26. The second-order valence-electron chi connectivity index (χ2n) is 7.83. The maximum absolute atomic E-state index is 12.6. The second-order valence-corrected chi connectivity index (χ2v) is 9.12. The summed E-state index contributed by atoms with van der Waals surface area (Å²) in [4.78, 5) is 18.7. The van der Waals surface area contributed by atoms with Gasteiger partial charge in [-0.2, -0.15) is 0 Å². The minimum atomic E-state index is 0.141. The van der Waals surface area contributed by atoms with Gasteiger partial charge in [-0.3, -0.25) is 9.69 Å². The zero-order valence-electron chi connectivity index (χ0n) is 17.4. The number of amides is 1. The third-order valence-corrected chi connectivity index (χ3v) is 6.25. The van der Waals surface area contributed by atoms with Crippen LogP contribution in [0.25, 0.3) is 0 Å². The summed E-state index contributed by atoms with van der Waals surface area (Å²) in [5.74, 6) is 1.03. The Kier molecular flexibility index (Phi) is 6.50. The molecule has 0 spiro atoms.